The van der Waals surface area contributed by atoms with Gasteiger partial charge < -0.3 is 9.64 Å². The number of sulfonamides is 1. The number of carbonyl (C=O) groups is 1. The SMILES string of the molecule is COc1ccccc1N(C)C(=O)c1cccc(N2CCCS2(=O)=O)c1. The predicted octanol–water partition coefficient (Wildman–Crippen LogP) is 2.51. The van der Waals surface area contributed by atoms with Gasteiger partial charge in [-0.1, -0.05) is 18.2 Å². The molecular weight excluding hydrogens is 340 g/mol. The summed E-state index contributed by atoms with van der Waals surface area (Å²) in [5, 5.41) is 0. The number of benzene rings is 2. The smallest absolute Gasteiger partial charge is 0.258 e. The van der Waals surface area contributed by atoms with Gasteiger partial charge in [-0.3, -0.25) is 9.10 Å². The summed E-state index contributed by atoms with van der Waals surface area (Å²) in [5.74, 6) is 0.506. The Hall–Kier alpha value is -2.54. The summed E-state index contributed by atoms with van der Waals surface area (Å²) in [6.07, 6.45) is 0.599. The van der Waals surface area contributed by atoms with Crippen LogP contribution in [-0.2, 0) is 10.0 Å². The molecule has 0 aliphatic carbocycles. The molecule has 0 saturated carbocycles. The van der Waals surface area contributed by atoms with E-state index in [0.29, 0.717) is 35.7 Å². The lowest BCUT2D eigenvalue weighted by Gasteiger charge is -2.21. The first-order chi connectivity index (χ1) is 11.9. The number of para-hydroxylation sites is 2. The summed E-state index contributed by atoms with van der Waals surface area (Å²) in [4.78, 5) is 14.3. The summed E-state index contributed by atoms with van der Waals surface area (Å²) in [6.45, 7) is 0.447. The zero-order valence-corrected chi connectivity index (χ0v) is 15.0. The lowest BCUT2D eigenvalue weighted by molar-refractivity contribution is 0.0992. The number of amides is 1. The molecule has 0 aromatic heterocycles. The quantitative estimate of drug-likeness (QED) is 0.840. The van der Waals surface area contributed by atoms with E-state index >= 15 is 0 Å². The molecule has 1 amide bonds. The van der Waals surface area contributed by atoms with E-state index in [2.05, 4.69) is 0 Å². The number of hydrogen-bond donors (Lipinski definition) is 0. The highest BCUT2D eigenvalue weighted by atomic mass is 32.2. The van der Waals surface area contributed by atoms with Crippen molar-refractivity contribution in [2.45, 2.75) is 6.42 Å². The van der Waals surface area contributed by atoms with E-state index in [-0.39, 0.29) is 11.7 Å². The highest BCUT2D eigenvalue weighted by Crippen LogP contribution is 2.29. The van der Waals surface area contributed by atoms with E-state index in [4.69, 9.17) is 4.74 Å². The minimum absolute atomic E-state index is 0.145. The maximum atomic E-state index is 12.8. The van der Waals surface area contributed by atoms with Gasteiger partial charge in [0, 0.05) is 19.2 Å². The Morgan fingerprint density at radius 1 is 1.16 bits per heavy atom. The maximum absolute atomic E-state index is 12.8. The van der Waals surface area contributed by atoms with Gasteiger partial charge in [0.1, 0.15) is 5.75 Å². The molecule has 0 atom stereocenters. The van der Waals surface area contributed by atoms with Crippen LogP contribution >= 0.6 is 0 Å². The lowest BCUT2D eigenvalue weighted by atomic mass is 10.1. The van der Waals surface area contributed by atoms with Gasteiger partial charge in [-0.2, -0.15) is 0 Å². The second-order valence-electron chi connectivity index (χ2n) is 5.83. The highest BCUT2D eigenvalue weighted by molar-refractivity contribution is 7.93. The normalized spacial score (nSPS) is 15.8. The largest absolute Gasteiger partial charge is 0.495 e. The predicted molar refractivity (Wildman–Crippen MR) is 97.9 cm³/mol. The molecule has 0 N–H and O–H groups in total. The molecule has 7 heteroatoms. The van der Waals surface area contributed by atoms with Crippen LogP contribution in [0.5, 0.6) is 5.75 Å². The van der Waals surface area contributed by atoms with Crippen LogP contribution in [0.25, 0.3) is 0 Å². The van der Waals surface area contributed by atoms with E-state index < -0.39 is 10.0 Å². The molecular formula is C18H20N2O4S. The molecule has 1 fully saturated rings. The number of anilines is 2. The lowest BCUT2D eigenvalue weighted by Crippen LogP contribution is -2.28. The Morgan fingerprint density at radius 3 is 2.60 bits per heavy atom. The molecule has 3 rings (SSSR count). The van der Waals surface area contributed by atoms with Crippen molar-refractivity contribution in [1.82, 2.24) is 0 Å². The summed E-state index contributed by atoms with van der Waals surface area (Å²) < 4.78 is 30.9. The van der Waals surface area contributed by atoms with Gasteiger partial charge in [0.15, 0.2) is 0 Å². The minimum Gasteiger partial charge on any atom is -0.495 e. The molecule has 25 heavy (non-hydrogen) atoms. The number of hydrogen-bond acceptors (Lipinski definition) is 4. The fourth-order valence-corrected chi connectivity index (χ4v) is 4.49. The Morgan fingerprint density at radius 2 is 1.92 bits per heavy atom. The Balaban J connectivity index is 1.92. The van der Waals surface area contributed by atoms with Crippen molar-refractivity contribution in [2.75, 3.05) is 35.7 Å². The van der Waals surface area contributed by atoms with E-state index in [0.717, 1.165) is 0 Å². The van der Waals surface area contributed by atoms with Crippen molar-refractivity contribution < 1.29 is 17.9 Å². The Kier molecular flexibility index (Phi) is 4.67. The minimum atomic E-state index is -3.28. The number of rotatable bonds is 4. The highest BCUT2D eigenvalue weighted by Gasteiger charge is 2.29. The third kappa shape index (κ3) is 3.32. The molecule has 6 nitrogen and oxygen atoms in total. The van der Waals surface area contributed by atoms with Crippen molar-refractivity contribution in [2.24, 2.45) is 0 Å². The van der Waals surface area contributed by atoms with Gasteiger partial charge in [0.2, 0.25) is 10.0 Å². The molecule has 2 aromatic rings. The van der Waals surface area contributed by atoms with Crippen LogP contribution in [0.15, 0.2) is 48.5 Å². The molecule has 0 unspecified atom stereocenters. The standard InChI is InChI=1S/C18H20N2O4S/c1-19(16-9-3-4-10-17(16)24-2)18(21)14-7-5-8-15(13-14)20-11-6-12-25(20,22)23/h3-5,7-10,13H,6,11-12H2,1-2H3. The first kappa shape index (κ1) is 17.3. The van der Waals surface area contributed by atoms with Crippen LogP contribution < -0.4 is 13.9 Å². The molecule has 1 aliphatic heterocycles. The van der Waals surface area contributed by atoms with Crippen molar-refractivity contribution in [3.8, 4) is 5.75 Å². The number of carbonyl (C=O) groups excluding carboxylic acids is 1. The van der Waals surface area contributed by atoms with Crippen LogP contribution in [-0.4, -0.2) is 40.8 Å². The average molecular weight is 360 g/mol. The molecule has 0 bridgehead atoms. The molecule has 2 aromatic carbocycles. The number of methoxy groups -OCH3 is 1. The topological polar surface area (TPSA) is 66.9 Å². The third-order valence-electron chi connectivity index (χ3n) is 4.23. The summed E-state index contributed by atoms with van der Waals surface area (Å²) in [5.41, 5.74) is 1.60. The molecule has 1 aliphatic rings. The van der Waals surface area contributed by atoms with Gasteiger partial charge in [-0.25, -0.2) is 8.42 Å². The molecule has 1 saturated heterocycles. The van der Waals surface area contributed by atoms with Crippen molar-refractivity contribution >= 4 is 27.3 Å². The fraction of sp³-hybridized carbons (Fsp3) is 0.278. The van der Waals surface area contributed by atoms with Crippen LogP contribution in [0, 0.1) is 0 Å². The van der Waals surface area contributed by atoms with Gasteiger partial charge in [-0.05, 0) is 36.8 Å². The molecule has 132 valence electrons. The maximum Gasteiger partial charge on any atom is 0.258 e. The van der Waals surface area contributed by atoms with Crippen LogP contribution in [0.2, 0.25) is 0 Å². The second-order valence-corrected chi connectivity index (χ2v) is 7.84. The third-order valence-corrected chi connectivity index (χ3v) is 6.10. The second kappa shape index (κ2) is 6.76. The zero-order chi connectivity index (χ0) is 18.0. The Labute approximate surface area is 147 Å². The van der Waals surface area contributed by atoms with E-state index in [1.165, 1.54) is 9.21 Å². The molecule has 1 heterocycles. The molecule has 0 spiro atoms. The van der Waals surface area contributed by atoms with Gasteiger partial charge in [-0.15, -0.1) is 0 Å². The summed E-state index contributed by atoms with van der Waals surface area (Å²) >= 11 is 0. The number of ether oxygens (including phenoxy) is 1. The molecule has 0 radical (unpaired) electrons. The van der Waals surface area contributed by atoms with E-state index in [9.17, 15) is 13.2 Å². The van der Waals surface area contributed by atoms with Gasteiger partial charge in [0.25, 0.3) is 5.91 Å². The fourth-order valence-electron chi connectivity index (χ4n) is 2.93. The van der Waals surface area contributed by atoms with Gasteiger partial charge in [0.05, 0.1) is 24.2 Å². The first-order valence-corrected chi connectivity index (χ1v) is 9.56. The van der Waals surface area contributed by atoms with Crippen molar-refractivity contribution in [3.63, 3.8) is 0 Å². The first-order valence-electron chi connectivity index (χ1n) is 7.95. The summed E-state index contributed by atoms with van der Waals surface area (Å²) in [6, 6.07) is 14.0. The van der Waals surface area contributed by atoms with E-state index in [1.807, 2.05) is 12.1 Å². The average Bonchev–Trinajstić information content (AvgIpc) is 2.99. The number of nitrogens with zero attached hydrogens (tertiary/aromatic N) is 2. The van der Waals surface area contributed by atoms with E-state index in [1.54, 1.807) is 50.6 Å². The van der Waals surface area contributed by atoms with Crippen molar-refractivity contribution in [1.29, 1.82) is 0 Å². The van der Waals surface area contributed by atoms with Crippen molar-refractivity contribution in [3.05, 3.63) is 54.1 Å². The monoisotopic (exact) mass is 360 g/mol. The van der Waals surface area contributed by atoms with Crippen LogP contribution in [0.1, 0.15) is 16.8 Å². The van der Waals surface area contributed by atoms with Crippen LogP contribution in [0.3, 0.4) is 0 Å². The summed E-state index contributed by atoms with van der Waals surface area (Å²) in [7, 11) is -0.0595. The van der Waals surface area contributed by atoms with Crippen LogP contribution in [0.4, 0.5) is 11.4 Å². The zero-order valence-electron chi connectivity index (χ0n) is 14.2. The Bertz CT molecular complexity index is 895. The van der Waals surface area contributed by atoms with Gasteiger partial charge >= 0.3 is 0 Å².